The van der Waals surface area contributed by atoms with Gasteiger partial charge in [0.2, 0.25) is 5.95 Å². The number of carbonyl (C=O) groups excluding carboxylic acids is 1. The minimum atomic E-state index is -0.262. The highest BCUT2D eigenvalue weighted by Crippen LogP contribution is 2.25. The number of aromatic nitrogens is 3. The molecule has 0 aliphatic carbocycles. The Morgan fingerprint density at radius 2 is 2.25 bits per heavy atom. The summed E-state index contributed by atoms with van der Waals surface area (Å²) in [5, 5.41) is 7.98. The smallest absolute Gasteiger partial charge is 0.319 e. The zero-order chi connectivity index (χ0) is 12.1. The third kappa shape index (κ3) is 2.88. The van der Waals surface area contributed by atoms with Gasteiger partial charge in [0.25, 0.3) is 0 Å². The fourth-order valence-corrected chi connectivity index (χ4v) is 2.01. The van der Waals surface area contributed by atoms with Crippen LogP contribution < -0.4 is 5.73 Å². The van der Waals surface area contributed by atoms with E-state index in [0.29, 0.717) is 24.1 Å². The summed E-state index contributed by atoms with van der Waals surface area (Å²) < 4.78 is 6.61. The SMILES string of the molecule is CCOC(=O)C(CC)Sc1nnc(N)n1C. The normalized spacial score (nSPS) is 12.4. The summed E-state index contributed by atoms with van der Waals surface area (Å²) in [6.07, 6.45) is 0.677. The van der Waals surface area contributed by atoms with Crippen molar-refractivity contribution in [2.75, 3.05) is 12.3 Å². The number of hydrogen-bond acceptors (Lipinski definition) is 6. The molecule has 0 aliphatic rings. The molecule has 1 atom stereocenters. The first-order valence-corrected chi connectivity index (χ1v) is 5.96. The number of nitrogens with zero attached hydrogens (tertiary/aromatic N) is 3. The third-order valence-electron chi connectivity index (χ3n) is 2.04. The van der Waals surface area contributed by atoms with Crippen molar-refractivity contribution in [3.63, 3.8) is 0 Å². The van der Waals surface area contributed by atoms with Gasteiger partial charge in [0.05, 0.1) is 6.61 Å². The van der Waals surface area contributed by atoms with Crippen molar-refractivity contribution in [2.45, 2.75) is 30.7 Å². The van der Waals surface area contributed by atoms with E-state index >= 15 is 0 Å². The average molecular weight is 244 g/mol. The summed E-state index contributed by atoms with van der Waals surface area (Å²) in [5.74, 6) is 0.109. The van der Waals surface area contributed by atoms with Gasteiger partial charge in [-0.1, -0.05) is 18.7 Å². The van der Waals surface area contributed by atoms with E-state index in [-0.39, 0.29) is 11.2 Å². The zero-order valence-electron chi connectivity index (χ0n) is 9.64. The minimum absolute atomic E-state index is 0.225. The number of thioether (sulfide) groups is 1. The molecule has 1 heterocycles. The van der Waals surface area contributed by atoms with Crippen LogP contribution in [0.2, 0.25) is 0 Å². The standard InChI is InChI=1S/C9H16N4O2S/c1-4-6(7(14)15-5-2)16-9-12-11-8(10)13(9)3/h6H,4-5H2,1-3H3,(H2,10,11). The molecule has 90 valence electrons. The Hall–Kier alpha value is -1.24. The number of esters is 1. The summed E-state index contributed by atoms with van der Waals surface area (Å²) >= 11 is 1.32. The Morgan fingerprint density at radius 1 is 1.56 bits per heavy atom. The highest BCUT2D eigenvalue weighted by molar-refractivity contribution is 8.00. The largest absolute Gasteiger partial charge is 0.465 e. The second-order valence-corrected chi connectivity index (χ2v) is 4.34. The second kappa shape index (κ2) is 5.74. The Labute approximate surface area is 98.6 Å². The molecule has 7 heteroatoms. The van der Waals surface area contributed by atoms with Crippen LogP contribution in [-0.4, -0.2) is 32.6 Å². The van der Waals surface area contributed by atoms with Gasteiger partial charge in [0, 0.05) is 7.05 Å². The lowest BCUT2D eigenvalue weighted by atomic mass is 10.3. The molecule has 0 bridgehead atoms. The predicted molar refractivity (Wildman–Crippen MR) is 62.0 cm³/mol. The molecule has 0 spiro atoms. The maximum absolute atomic E-state index is 11.6. The summed E-state index contributed by atoms with van der Waals surface area (Å²) in [5.41, 5.74) is 5.55. The van der Waals surface area contributed by atoms with Crippen LogP contribution in [0.3, 0.4) is 0 Å². The van der Waals surface area contributed by atoms with Crippen LogP contribution in [0.15, 0.2) is 5.16 Å². The van der Waals surface area contributed by atoms with E-state index in [4.69, 9.17) is 10.5 Å². The molecule has 0 fully saturated rings. The average Bonchev–Trinajstić information content (AvgIpc) is 2.57. The Bertz CT molecular complexity index is 366. The van der Waals surface area contributed by atoms with Crippen LogP contribution in [0.1, 0.15) is 20.3 Å². The molecule has 0 amide bonds. The number of nitrogens with two attached hydrogens (primary N) is 1. The van der Waals surface area contributed by atoms with Crippen LogP contribution >= 0.6 is 11.8 Å². The van der Waals surface area contributed by atoms with E-state index in [0.717, 1.165) is 0 Å². The molecule has 0 saturated carbocycles. The lowest BCUT2D eigenvalue weighted by Crippen LogP contribution is -2.20. The van der Waals surface area contributed by atoms with Crippen molar-refractivity contribution in [3.8, 4) is 0 Å². The highest BCUT2D eigenvalue weighted by atomic mass is 32.2. The van der Waals surface area contributed by atoms with Gasteiger partial charge in [-0.15, -0.1) is 10.2 Å². The molecular weight excluding hydrogens is 228 g/mol. The van der Waals surface area contributed by atoms with Crippen LogP contribution in [0.5, 0.6) is 0 Å². The molecule has 16 heavy (non-hydrogen) atoms. The maximum atomic E-state index is 11.6. The lowest BCUT2D eigenvalue weighted by Gasteiger charge is -2.11. The molecule has 0 aromatic carbocycles. The fraction of sp³-hybridized carbons (Fsp3) is 0.667. The molecule has 6 nitrogen and oxygen atoms in total. The van der Waals surface area contributed by atoms with E-state index in [2.05, 4.69) is 10.2 Å². The summed E-state index contributed by atoms with van der Waals surface area (Å²) in [4.78, 5) is 11.6. The topological polar surface area (TPSA) is 83.0 Å². The minimum Gasteiger partial charge on any atom is -0.465 e. The number of ether oxygens (including phenoxy) is 1. The number of carbonyl (C=O) groups is 1. The van der Waals surface area contributed by atoms with Gasteiger partial charge in [-0.05, 0) is 13.3 Å². The van der Waals surface area contributed by atoms with Crippen LogP contribution in [0.25, 0.3) is 0 Å². The molecule has 1 rings (SSSR count). The number of anilines is 1. The van der Waals surface area contributed by atoms with Crippen molar-refractivity contribution in [3.05, 3.63) is 0 Å². The van der Waals surface area contributed by atoms with Crippen molar-refractivity contribution in [2.24, 2.45) is 7.05 Å². The van der Waals surface area contributed by atoms with Crippen molar-refractivity contribution in [1.82, 2.24) is 14.8 Å². The fourth-order valence-electron chi connectivity index (χ4n) is 1.09. The van der Waals surface area contributed by atoms with Crippen LogP contribution in [0, 0.1) is 0 Å². The van der Waals surface area contributed by atoms with Gasteiger partial charge in [0.15, 0.2) is 5.16 Å². The van der Waals surface area contributed by atoms with Crippen molar-refractivity contribution >= 4 is 23.7 Å². The first kappa shape index (κ1) is 12.8. The monoisotopic (exact) mass is 244 g/mol. The van der Waals surface area contributed by atoms with Gasteiger partial charge in [0.1, 0.15) is 5.25 Å². The Balaban J connectivity index is 2.70. The van der Waals surface area contributed by atoms with Gasteiger partial charge < -0.3 is 10.5 Å². The maximum Gasteiger partial charge on any atom is 0.319 e. The Morgan fingerprint density at radius 3 is 2.69 bits per heavy atom. The molecule has 1 aromatic heterocycles. The Kier molecular flexibility index (Phi) is 4.60. The molecule has 0 saturated heterocycles. The van der Waals surface area contributed by atoms with Gasteiger partial charge >= 0.3 is 5.97 Å². The molecule has 2 N–H and O–H groups in total. The zero-order valence-corrected chi connectivity index (χ0v) is 10.5. The van der Waals surface area contributed by atoms with Gasteiger partial charge in [-0.3, -0.25) is 9.36 Å². The summed E-state index contributed by atoms with van der Waals surface area (Å²) in [6.45, 7) is 4.10. The van der Waals surface area contributed by atoms with Crippen LogP contribution in [0.4, 0.5) is 5.95 Å². The van der Waals surface area contributed by atoms with Crippen LogP contribution in [-0.2, 0) is 16.6 Å². The quantitative estimate of drug-likeness (QED) is 0.610. The number of hydrogen-bond donors (Lipinski definition) is 1. The van der Waals surface area contributed by atoms with E-state index in [1.165, 1.54) is 11.8 Å². The van der Waals surface area contributed by atoms with E-state index < -0.39 is 0 Å². The van der Waals surface area contributed by atoms with E-state index in [1.807, 2.05) is 6.92 Å². The summed E-state index contributed by atoms with van der Waals surface area (Å²) in [6, 6.07) is 0. The van der Waals surface area contributed by atoms with E-state index in [9.17, 15) is 4.79 Å². The van der Waals surface area contributed by atoms with Gasteiger partial charge in [-0.25, -0.2) is 0 Å². The molecule has 1 aromatic rings. The molecule has 1 unspecified atom stereocenters. The predicted octanol–water partition coefficient (Wildman–Crippen LogP) is 0.831. The molecule has 0 aliphatic heterocycles. The first-order valence-electron chi connectivity index (χ1n) is 5.08. The number of nitrogen functional groups attached to an aromatic ring is 1. The second-order valence-electron chi connectivity index (χ2n) is 3.17. The number of rotatable bonds is 5. The van der Waals surface area contributed by atoms with E-state index in [1.54, 1.807) is 18.5 Å². The molecule has 0 radical (unpaired) electrons. The van der Waals surface area contributed by atoms with Crippen molar-refractivity contribution < 1.29 is 9.53 Å². The lowest BCUT2D eigenvalue weighted by molar-refractivity contribution is -0.142. The molecular formula is C9H16N4O2S. The summed E-state index contributed by atoms with van der Waals surface area (Å²) in [7, 11) is 1.76. The third-order valence-corrected chi connectivity index (χ3v) is 3.41. The first-order chi connectivity index (χ1) is 7.60. The van der Waals surface area contributed by atoms with Crippen molar-refractivity contribution in [1.29, 1.82) is 0 Å². The van der Waals surface area contributed by atoms with Gasteiger partial charge in [-0.2, -0.15) is 0 Å². The highest BCUT2D eigenvalue weighted by Gasteiger charge is 2.21.